The molecule has 1 heterocycles. The number of para-hydroxylation sites is 1. The van der Waals surface area contributed by atoms with Crippen LogP contribution in [0.2, 0.25) is 0 Å². The zero-order valence-corrected chi connectivity index (χ0v) is 22.3. The Hall–Kier alpha value is -3.72. The molecule has 9 heteroatoms. The molecule has 0 radical (unpaired) electrons. The van der Waals surface area contributed by atoms with E-state index in [1.807, 2.05) is 31.2 Å². The van der Waals surface area contributed by atoms with Gasteiger partial charge in [-0.2, -0.15) is 0 Å². The minimum absolute atomic E-state index is 0.0291. The van der Waals surface area contributed by atoms with Crippen LogP contribution in [0.4, 0.5) is 5.69 Å². The van der Waals surface area contributed by atoms with Crippen LogP contribution < -0.4 is 18.5 Å². The summed E-state index contributed by atoms with van der Waals surface area (Å²) >= 11 is 0. The van der Waals surface area contributed by atoms with Gasteiger partial charge in [0.15, 0.2) is 11.5 Å². The minimum atomic E-state index is -3.98. The van der Waals surface area contributed by atoms with Crippen molar-refractivity contribution in [1.82, 2.24) is 0 Å². The van der Waals surface area contributed by atoms with Crippen molar-refractivity contribution < 1.29 is 32.5 Å². The summed E-state index contributed by atoms with van der Waals surface area (Å²) in [5.74, 6) is 0.458. The molecule has 3 aromatic carbocycles. The number of sulfonamides is 1. The molecule has 1 aliphatic heterocycles. The molecular weight excluding hydrogens is 494 g/mol. The van der Waals surface area contributed by atoms with E-state index in [1.165, 1.54) is 4.31 Å². The van der Waals surface area contributed by atoms with Crippen LogP contribution >= 0.6 is 0 Å². The van der Waals surface area contributed by atoms with Gasteiger partial charge >= 0.3 is 5.97 Å². The molecule has 0 fully saturated rings. The molecule has 0 amide bonds. The van der Waals surface area contributed by atoms with E-state index >= 15 is 0 Å². The summed E-state index contributed by atoms with van der Waals surface area (Å²) in [6.07, 6.45) is -0.525. The lowest BCUT2D eigenvalue weighted by Crippen LogP contribution is -2.46. The van der Waals surface area contributed by atoms with Crippen LogP contribution in [-0.4, -0.2) is 46.4 Å². The van der Waals surface area contributed by atoms with Gasteiger partial charge in [-0.05, 0) is 62.2 Å². The maximum absolute atomic E-state index is 13.9. The van der Waals surface area contributed by atoms with E-state index in [0.29, 0.717) is 28.5 Å². The van der Waals surface area contributed by atoms with E-state index in [4.69, 9.17) is 14.2 Å². The van der Waals surface area contributed by atoms with Crippen LogP contribution in [0.1, 0.15) is 25.8 Å². The van der Waals surface area contributed by atoms with Crippen molar-refractivity contribution in [2.75, 3.05) is 25.1 Å². The number of carboxylic acids is 1. The lowest BCUT2D eigenvalue weighted by Gasteiger charge is -2.38. The summed E-state index contributed by atoms with van der Waals surface area (Å²) in [5.41, 5.74) is 1.52. The summed E-state index contributed by atoms with van der Waals surface area (Å²) in [7, 11) is -0.884. The largest absolute Gasteiger partial charge is 0.493 e. The third-order valence-electron chi connectivity index (χ3n) is 6.50. The number of anilines is 1. The number of ether oxygens (including phenoxy) is 3. The van der Waals surface area contributed by atoms with Gasteiger partial charge in [-0.25, -0.2) is 8.42 Å². The number of aryl methyl sites for hydroxylation is 1. The zero-order chi connectivity index (χ0) is 27.0. The highest BCUT2D eigenvalue weighted by molar-refractivity contribution is 7.92. The number of rotatable bonds is 8. The van der Waals surface area contributed by atoms with Crippen molar-refractivity contribution in [3.05, 3.63) is 66.2 Å². The molecule has 0 bridgehead atoms. The Morgan fingerprint density at radius 2 is 1.81 bits per heavy atom. The van der Waals surface area contributed by atoms with Crippen LogP contribution in [-0.2, 0) is 14.8 Å². The van der Waals surface area contributed by atoms with Crippen molar-refractivity contribution in [3.8, 4) is 28.4 Å². The van der Waals surface area contributed by atoms with Crippen LogP contribution in [0.5, 0.6) is 17.2 Å². The number of carbonyl (C=O) groups is 1. The van der Waals surface area contributed by atoms with Gasteiger partial charge in [0.25, 0.3) is 10.0 Å². The molecule has 196 valence electrons. The predicted octanol–water partition coefficient (Wildman–Crippen LogP) is 5.14. The third-order valence-corrected chi connectivity index (χ3v) is 8.27. The number of carboxylic acid groups (broad SMARTS) is 1. The fourth-order valence-electron chi connectivity index (χ4n) is 4.49. The molecule has 0 unspecified atom stereocenters. The minimum Gasteiger partial charge on any atom is -0.493 e. The number of nitrogens with zero attached hydrogens (tertiary/aromatic N) is 1. The maximum Gasteiger partial charge on any atom is 0.309 e. The van der Waals surface area contributed by atoms with Gasteiger partial charge < -0.3 is 19.3 Å². The summed E-state index contributed by atoms with van der Waals surface area (Å²) in [6.45, 7) is 5.01. The zero-order valence-electron chi connectivity index (χ0n) is 21.5. The summed E-state index contributed by atoms with van der Waals surface area (Å²) in [5, 5.41) is 9.65. The topological polar surface area (TPSA) is 102 Å². The number of hydrogen-bond donors (Lipinski definition) is 1. The van der Waals surface area contributed by atoms with E-state index in [1.54, 1.807) is 64.5 Å². The van der Waals surface area contributed by atoms with E-state index in [-0.39, 0.29) is 17.9 Å². The van der Waals surface area contributed by atoms with Gasteiger partial charge in [-0.1, -0.05) is 30.3 Å². The Morgan fingerprint density at radius 3 is 2.46 bits per heavy atom. The van der Waals surface area contributed by atoms with Gasteiger partial charge in [-0.3, -0.25) is 9.10 Å². The molecule has 8 nitrogen and oxygen atoms in total. The van der Waals surface area contributed by atoms with Crippen LogP contribution in [0.25, 0.3) is 11.1 Å². The third kappa shape index (κ3) is 5.09. The van der Waals surface area contributed by atoms with Gasteiger partial charge in [0, 0.05) is 12.0 Å². The Balaban J connectivity index is 1.86. The summed E-state index contributed by atoms with van der Waals surface area (Å²) in [4.78, 5) is 11.9. The molecular formula is C28H31NO7S. The Labute approximate surface area is 217 Å². The quantitative estimate of drug-likeness (QED) is 0.435. The Bertz CT molecular complexity index is 1430. The summed E-state index contributed by atoms with van der Waals surface area (Å²) in [6, 6.07) is 17.5. The second-order valence-corrected chi connectivity index (χ2v) is 11.6. The lowest BCUT2D eigenvalue weighted by atomic mass is 9.86. The van der Waals surface area contributed by atoms with Crippen molar-refractivity contribution in [1.29, 1.82) is 0 Å². The summed E-state index contributed by atoms with van der Waals surface area (Å²) < 4.78 is 46.4. The Morgan fingerprint density at radius 1 is 1.08 bits per heavy atom. The number of methoxy groups -OCH3 is 2. The first kappa shape index (κ1) is 26.3. The number of fused-ring (bicyclic) bond motifs is 1. The second-order valence-electron chi connectivity index (χ2n) is 9.71. The average molecular weight is 526 g/mol. The number of benzene rings is 3. The molecule has 4 rings (SSSR count). The van der Waals surface area contributed by atoms with Crippen molar-refractivity contribution in [2.24, 2.45) is 5.41 Å². The van der Waals surface area contributed by atoms with E-state index in [9.17, 15) is 18.3 Å². The molecule has 0 saturated heterocycles. The smallest absolute Gasteiger partial charge is 0.309 e. The van der Waals surface area contributed by atoms with Gasteiger partial charge in [0.05, 0.1) is 36.8 Å². The molecule has 3 aromatic rings. The fourth-order valence-corrected chi connectivity index (χ4v) is 6.09. The lowest BCUT2D eigenvalue weighted by molar-refractivity contribution is -0.148. The highest BCUT2D eigenvalue weighted by atomic mass is 32.2. The van der Waals surface area contributed by atoms with E-state index < -0.39 is 27.5 Å². The molecule has 0 aliphatic carbocycles. The second kappa shape index (κ2) is 9.97. The van der Waals surface area contributed by atoms with Crippen LogP contribution in [0.3, 0.4) is 0 Å². The SMILES string of the molecule is COc1cccc(-c2ccc3c(c2)N(S(=O)(=O)c2cccc(C)c2)C[C@H](CC(C)(C)C(=O)O)O3)c1OC. The average Bonchev–Trinajstić information content (AvgIpc) is 2.87. The maximum atomic E-state index is 13.9. The molecule has 0 spiro atoms. The van der Waals surface area contributed by atoms with Gasteiger partial charge in [-0.15, -0.1) is 0 Å². The normalized spacial score (nSPS) is 15.5. The molecule has 1 aliphatic rings. The highest BCUT2D eigenvalue weighted by Gasteiger charge is 2.39. The first-order chi connectivity index (χ1) is 17.5. The molecule has 1 N–H and O–H groups in total. The van der Waals surface area contributed by atoms with Crippen molar-refractivity contribution in [3.63, 3.8) is 0 Å². The fraction of sp³-hybridized carbons (Fsp3) is 0.321. The monoisotopic (exact) mass is 525 g/mol. The highest BCUT2D eigenvalue weighted by Crippen LogP contribution is 2.44. The first-order valence-corrected chi connectivity index (χ1v) is 13.3. The molecule has 37 heavy (non-hydrogen) atoms. The standard InChI is InChI=1S/C28H31NO7S/c1-18-8-6-9-21(14-18)37(32,33)29-17-20(16-28(2,3)27(30)31)36-24-13-12-19(15-23(24)29)22-10-7-11-25(34-4)26(22)35-5/h6-15,20H,16-17H2,1-5H3,(H,30,31)/t20-/m0/s1. The molecule has 1 atom stereocenters. The molecule has 0 saturated carbocycles. The van der Waals surface area contributed by atoms with E-state index in [0.717, 1.165) is 11.1 Å². The van der Waals surface area contributed by atoms with E-state index in [2.05, 4.69) is 0 Å². The van der Waals surface area contributed by atoms with Crippen molar-refractivity contribution in [2.45, 2.75) is 38.2 Å². The number of hydrogen-bond acceptors (Lipinski definition) is 6. The predicted molar refractivity (Wildman–Crippen MR) is 141 cm³/mol. The van der Waals surface area contributed by atoms with Gasteiger partial charge in [0.1, 0.15) is 11.9 Å². The van der Waals surface area contributed by atoms with Gasteiger partial charge in [0.2, 0.25) is 0 Å². The first-order valence-electron chi connectivity index (χ1n) is 11.8. The van der Waals surface area contributed by atoms with Crippen molar-refractivity contribution >= 4 is 21.7 Å². The van der Waals surface area contributed by atoms with Crippen LogP contribution in [0, 0.1) is 12.3 Å². The Kier molecular flexibility index (Phi) is 7.10. The van der Waals surface area contributed by atoms with Crippen LogP contribution in [0.15, 0.2) is 65.6 Å². The molecule has 0 aromatic heterocycles. The number of aliphatic carboxylic acids is 1.